The summed E-state index contributed by atoms with van der Waals surface area (Å²) in [7, 11) is 1.63. The Morgan fingerprint density at radius 3 is 2.57 bits per heavy atom. The van der Waals surface area contributed by atoms with E-state index in [-0.39, 0.29) is 17.9 Å². The largest absolute Gasteiger partial charge is 0.497 e. The zero-order chi connectivity index (χ0) is 24.4. The fourth-order valence-electron chi connectivity index (χ4n) is 5.11. The molecule has 3 heterocycles. The zero-order valence-corrected chi connectivity index (χ0v) is 21.1. The third-order valence-corrected chi connectivity index (χ3v) is 8.14. The van der Waals surface area contributed by atoms with E-state index in [1.807, 2.05) is 54.8 Å². The highest BCUT2D eigenvalue weighted by Gasteiger charge is 2.48. The molecule has 7 nitrogen and oxygen atoms in total. The molecule has 0 radical (unpaired) electrons. The molecule has 2 amide bonds. The van der Waals surface area contributed by atoms with E-state index in [2.05, 4.69) is 5.32 Å². The summed E-state index contributed by atoms with van der Waals surface area (Å²) in [6, 6.07) is 13.6. The molecule has 0 spiro atoms. The van der Waals surface area contributed by atoms with Crippen LogP contribution < -0.4 is 10.1 Å². The maximum Gasteiger partial charge on any atom is 0.273 e. The highest BCUT2D eigenvalue weighted by atomic mass is 32.1. The Labute approximate surface area is 210 Å². The first-order valence-corrected chi connectivity index (χ1v) is 13.2. The van der Waals surface area contributed by atoms with Crippen molar-refractivity contribution in [2.24, 2.45) is 0 Å². The first-order chi connectivity index (χ1) is 17.0. The van der Waals surface area contributed by atoms with Gasteiger partial charge in [0.15, 0.2) is 0 Å². The minimum atomic E-state index is -1.06. The van der Waals surface area contributed by atoms with Gasteiger partial charge in [-0.05, 0) is 55.0 Å². The molecule has 0 saturated heterocycles. The minimum absolute atomic E-state index is 0.106. The molecule has 8 heteroatoms. The van der Waals surface area contributed by atoms with Crippen LogP contribution in [-0.2, 0) is 17.9 Å². The number of rotatable bonds is 6. The lowest BCUT2D eigenvalue weighted by molar-refractivity contribution is -0.134. The highest BCUT2D eigenvalue weighted by molar-refractivity contribution is 7.13. The van der Waals surface area contributed by atoms with E-state index in [0.29, 0.717) is 18.8 Å². The number of hydrogen-bond donors (Lipinski definition) is 1. The number of ether oxygens (including phenoxy) is 1. The molecule has 2 aliphatic rings. The standard InChI is InChI=1S/C27H32N4O3S/c1-27(26(33)28-20-8-5-3-4-6-9-20)18-31-23(16-22(29-31)24-10-7-15-35-24)25(32)30(27)17-19-11-13-21(34-2)14-12-19/h7,10-16,20H,3-6,8-9,17-18H2,1-2H3,(H,28,33). The molecule has 3 aromatic rings. The normalized spacial score (nSPS) is 20.9. The van der Waals surface area contributed by atoms with Crippen LogP contribution in [0.3, 0.4) is 0 Å². The second-order valence-electron chi connectivity index (χ2n) is 9.72. The Bertz CT molecular complexity index is 1180. The number of nitrogens with one attached hydrogen (secondary N) is 1. The van der Waals surface area contributed by atoms with Gasteiger partial charge in [-0.3, -0.25) is 14.3 Å². The van der Waals surface area contributed by atoms with Gasteiger partial charge in [-0.25, -0.2) is 0 Å². The number of carbonyl (C=O) groups excluding carboxylic acids is 2. The van der Waals surface area contributed by atoms with E-state index >= 15 is 0 Å². The molecule has 1 atom stereocenters. The Hall–Kier alpha value is -3.13. The number of amides is 2. The Morgan fingerprint density at radius 2 is 1.91 bits per heavy atom. The molecule has 35 heavy (non-hydrogen) atoms. The van der Waals surface area contributed by atoms with Crippen molar-refractivity contribution in [3.8, 4) is 16.3 Å². The average Bonchev–Trinajstić information content (AvgIpc) is 3.47. The van der Waals surface area contributed by atoms with Crippen molar-refractivity contribution in [3.05, 3.63) is 59.1 Å². The number of hydrogen-bond acceptors (Lipinski definition) is 5. The summed E-state index contributed by atoms with van der Waals surface area (Å²) in [6.45, 7) is 2.51. The number of benzene rings is 1. The van der Waals surface area contributed by atoms with E-state index in [4.69, 9.17) is 9.84 Å². The van der Waals surface area contributed by atoms with Gasteiger partial charge in [0.25, 0.3) is 5.91 Å². The summed E-state index contributed by atoms with van der Waals surface area (Å²) < 4.78 is 7.00. The van der Waals surface area contributed by atoms with Crippen LogP contribution in [0.25, 0.3) is 10.6 Å². The van der Waals surface area contributed by atoms with Crippen LogP contribution in [0.5, 0.6) is 5.75 Å². The van der Waals surface area contributed by atoms with E-state index in [1.54, 1.807) is 28.0 Å². The van der Waals surface area contributed by atoms with Crippen LogP contribution in [0.15, 0.2) is 47.8 Å². The lowest BCUT2D eigenvalue weighted by Gasteiger charge is -2.44. The zero-order valence-electron chi connectivity index (χ0n) is 20.3. The van der Waals surface area contributed by atoms with Gasteiger partial charge in [-0.15, -0.1) is 11.3 Å². The number of aromatic nitrogens is 2. The lowest BCUT2D eigenvalue weighted by Crippen LogP contribution is -2.64. The molecule has 1 aliphatic carbocycles. The molecular formula is C27H32N4O3S. The van der Waals surface area contributed by atoms with E-state index in [9.17, 15) is 9.59 Å². The van der Waals surface area contributed by atoms with Crippen LogP contribution in [0, 0.1) is 0 Å². The summed E-state index contributed by atoms with van der Waals surface area (Å²) in [5, 5.41) is 10.0. The molecule has 1 unspecified atom stereocenters. The summed E-state index contributed by atoms with van der Waals surface area (Å²) in [4.78, 5) is 30.4. The van der Waals surface area contributed by atoms with Gasteiger partial charge in [-0.1, -0.05) is 43.9 Å². The maximum absolute atomic E-state index is 13.9. The Morgan fingerprint density at radius 1 is 1.17 bits per heavy atom. The third-order valence-electron chi connectivity index (χ3n) is 7.25. The first-order valence-electron chi connectivity index (χ1n) is 12.4. The summed E-state index contributed by atoms with van der Waals surface area (Å²) in [5.41, 5.74) is 1.16. The molecule has 1 aliphatic heterocycles. The number of fused-ring (bicyclic) bond motifs is 1. The SMILES string of the molecule is COc1ccc(CN2C(=O)c3cc(-c4cccs4)nn3CC2(C)C(=O)NC2CCCCCC2)cc1. The van der Waals surface area contributed by atoms with Gasteiger partial charge in [0.1, 0.15) is 22.7 Å². The molecule has 1 aromatic carbocycles. The number of thiophene rings is 1. The van der Waals surface area contributed by atoms with Crippen LogP contribution in [0.2, 0.25) is 0 Å². The molecule has 1 N–H and O–H groups in total. The predicted molar refractivity (Wildman–Crippen MR) is 136 cm³/mol. The minimum Gasteiger partial charge on any atom is -0.497 e. The topological polar surface area (TPSA) is 76.5 Å². The molecule has 184 valence electrons. The van der Waals surface area contributed by atoms with Crippen LogP contribution in [0.4, 0.5) is 0 Å². The van der Waals surface area contributed by atoms with Crippen LogP contribution >= 0.6 is 11.3 Å². The fraction of sp³-hybridized carbons (Fsp3) is 0.444. The Balaban J connectivity index is 1.48. The van der Waals surface area contributed by atoms with Gasteiger partial charge in [-0.2, -0.15) is 5.10 Å². The lowest BCUT2D eigenvalue weighted by atomic mass is 9.93. The number of nitrogens with zero attached hydrogens (tertiary/aromatic N) is 3. The first kappa shape index (κ1) is 23.6. The molecule has 0 bridgehead atoms. The molecular weight excluding hydrogens is 460 g/mol. The van der Waals surface area contributed by atoms with Gasteiger partial charge in [0.2, 0.25) is 5.91 Å². The second kappa shape index (κ2) is 9.85. The van der Waals surface area contributed by atoms with Crippen molar-refractivity contribution in [2.45, 2.75) is 70.1 Å². The van der Waals surface area contributed by atoms with E-state index in [0.717, 1.165) is 47.6 Å². The van der Waals surface area contributed by atoms with Gasteiger partial charge in [0.05, 0.1) is 18.5 Å². The van der Waals surface area contributed by atoms with Crippen molar-refractivity contribution in [3.63, 3.8) is 0 Å². The van der Waals surface area contributed by atoms with E-state index in [1.165, 1.54) is 12.8 Å². The summed E-state index contributed by atoms with van der Waals surface area (Å²) in [6.07, 6.45) is 6.67. The summed E-state index contributed by atoms with van der Waals surface area (Å²) >= 11 is 1.59. The third kappa shape index (κ3) is 4.72. The van der Waals surface area contributed by atoms with Crippen molar-refractivity contribution >= 4 is 23.2 Å². The Kier molecular flexibility index (Phi) is 6.65. The smallest absolute Gasteiger partial charge is 0.273 e. The van der Waals surface area contributed by atoms with Crippen molar-refractivity contribution < 1.29 is 14.3 Å². The summed E-state index contributed by atoms with van der Waals surface area (Å²) in [5.74, 6) is 0.470. The van der Waals surface area contributed by atoms with Crippen molar-refractivity contribution in [1.29, 1.82) is 0 Å². The van der Waals surface area contributed by atoms with Crippen LogP contribution in [-0.4, -0.2) is 45.2 Å². The molecule has 5 rings (SSSR count). The highest BCUT2D eigenvalue weighted by Crippen LogP contribution is 2.33. The van der Waals surface area contributed by atoms with E-state index < -0.39 is 5.54 Å². The van der Waals surface area contributed by atoms with Crippen molar-refractivity contribution in [1.82, 2.24) is 20.0 Å². The monoisotopic (exact) mass is 492 g/mol. The number of carbonyl (C=O) groups is 2. The quantitative estimate of drug-likeness (QED) is 0.498. The van der Waals surface area contributed by atoms with Crippen LogP contribution in [0.1, 0.15) is 61.5 Å². The second-order valence-corrected chi connectivity index (χ2v) is 10.7. The molecule has 1 fully saturated rings. The molecule has 1 saturated carbocycles. The fourth-order valence-corrected chi connectivity index (χ4v) is 5.79. The molecule has 2 aromatic heterocycles. The van der Waals surface area contributed by atoms with Gasteiger partial charge in [0, 0.05) is 12.6 Å². The van der Waals surface area contributed by atoms with Crippen molar-refractivity contribution in [2.75, 3.05) is 7.11 Å². The van der Waals surface area contributed by atoms with Gasteiger partial charge >= 0.3 is 0 Å². The van der Waals surface area contributed by atoms with Gasteiger partial charge < -0.3 is 15.0 Å². The maximum atomic E-state index is 13.9. The average molecular weight is 493 g/mol. The number of methoxy groups -OCH3 is 1. The predicted octanol–water partition coefficient (Wildman–Crippen LogP) is 4.87.